The summed E-state index contributed by atoms with van der Waals surface area (Å²) in [6, 6.07) is 12.1. The number of ether oxygens (including phenoxy) is 2. The number of carbonyl (C=O) groups is 1. The zero-order chi connectivity index (χ0) is 19.7. The molecule has 0 spiro atoms. The van der Waals surface area contributed by atoms with Crippen LogP contribution in [0.15, 0.2) is 50.2 Å². The van der Waals surface area contributed by atoms with Crippen LogP contribution in [-0.2, 0) is 4.74 Å². The smallest absolute Gasteiger partial charge is 0.187 e. The first kappa shape index (κ1) is 20.4. The van der Waals surface area contributed by atoms with Crippen LogP contribution >= 0.6 is 43.6 Å². The lowest BCUT2D eigenvalue weighted by atomic mass is 9.93. The third-order valence-corrected chi connectivity index (χ3v) is 7.41. The molecule has 4 nitrogen and oxygen atoms in total. The summed E-state index contributed by atoms with van der Waals surface area (Å²) in [5.74, 6) is 0.753. The quantitative estimate of drug-likeness (QED) is 0.563. The highest BCUT2D eigenvalue weighted by Gasteiger charge is 2.47. The van der Waals surface area contributed by atoms with E-state index < -0.39 is 4.75 Å². The lowest BCUT2D eigenvalue weighted by Crippen LogP contribution is -2.54. The Labute approximate surface area is 186 Å². The number of thioether (sulfide) groups is 1. The van der Waals surface area contributed by atoms with Gasteiger partial charge in [-0.3, -0.25) is 9.69 Å². The maximum absolute atomic E-state index is 13.8. The highest BCUT2D eigenvalue weighted by atomic mass is 79.9. The van der Waals surface area contributed by atoms with Crippen molar-refractivity contribution in [2.75, 3.05) is 39.5 Å². The minimum atomic E-state index is -0.695. The van der Waals surface area contributed by atoms with Crippen LogP contribution in [0.1, 0.15) is 15.9 Å². The molecule has 0 aromatic heterocycles. The van der Waals surface area contributed by atoms with E-state index in [1.165, 1.54) is 5.56 Å². The maximum Gasteiger partial charge on any atom is 0.187 e. The number of Topliss-reactive ketones (excluding diaryl/α,β-unsaturated/α-hetero) is 1. The van der Waals surface area contributed by atoms with Crippen molar-refractivity contribution in [1.29, 1.82) is 0 Å². The number of ketones is 1. The third kappa shape index (κ3) is 4.19. The van der Waals surface area contributed by atoms with Gasteiger partial charge in [0, 0.05) is 29.0 Å². The van der Waals surface area contributed by atoms with E-state index in [9.17, 15) is 4.79 Å². The average Bonchev–Trinajstić information content (AvgIpc) is 2.68. The van der Waals surface area contributed by atoms with Gasteiger partial charge in [-0.05, 0) is 47.1 Å². The molecule has 148 valence electrons. The maximum atomic E-state index is 13.8. The van der Waals surface area contributed by atoms with Gasteiger partial charge in [0.05, 0.1) is 23.2 Å². The standard InChI is InChI=1S/C21H21Br2NO3S/c1-14-2-4-16(5-3-14)28-21(12-24-6-8-26-9-7-24)13-27-19-17(20(21)25)10-15(22)11-18(19)23/h2-5,10-11H,6-9,12-13H2,1H3/t21-/m0/s1. The van der Waals surface area contributed by atoms with E-state index in [1.54, 1.807) is 11.8 Å². The second-order valence-corrected chi connectivity index (χ2v) is 10.4. The zero-order valence-electron chi connectivity index (χ0n) is 15.5. The molecule has 4 rings (SSSR count). The summed E-state index contributed by atoms with van der Waals surface area (Å²) in [5.41, 5.74) is 1.83. The Balaban J connectivity index is 1.71. The molecule has 0 amide bonds. The van der Waals surface area contributed by atoms with Crippen molar-refractivity contribution in [3.8, 4) is 5.75 Å². The minimum absolute atomic E-state index is 0.118. The second-order valence-electron chi connectivity index (χ2n) is 7.18. The normalized spacial score (nSPS) is 22.6. The van der Waals surface area contributed by atoms with Crippen molar-refractivity contribution in [2.45, 2.75) is 16.6 Å². The molecule has 0 saturated carbocycles. The Kier molecular flexibility index (Phi) is 6.18. The Morgan fingerprint density at radius 1 is 1.14 bits per heavy atom. The van der Waals surface area contributed by atoms with Gasteiger partial charge in [0.25, 0.3) is 0 Å². The van der Waals surface area contributed by atoms with Crippen molar-refractivity contribution in [2.24, 2.45) is 0 Å². The molecular weight excluding hydrogens is 506 g/mol. The predicted molar refractivity (Wildman–Crippen MR) is 119 cm³/mol. The van der Waals surface area contributed by atoms with Gasteiger partial charge in [0.1, 0.15) is 17.1 Å². The number of nitrogens with zero attached hydrogens (tertiary/aromatic N) is 1. The third-order valence-electron chi connectivity index (χ3n) is 5.03. The first-order valence-corrected chi connectivity index (χ1v) is 11.6. The summed E-state index contributed by atoms with van der Waals surface area (Å²) in [4.78, 5) is 17.2. The molecule has 0 radical (unpaired) electrons. The lowest BCUT2D eigenvalue weighted by Gasteiger charge is -2.40. The fraction of sp³-hybridized carbons (Fsp3) is 0.381. The van der Waals surface area contributed by atoms with Crippen molar-refractivity contribution < 1.29 is 14.3 Å². The molecule has 0 bridgehead atoms. The fourth-order valence-electron chi connectivity index (χ4n) is 3.55. The van der Waals surface area contributed by atoms with Gasteiger partial charge in [-0.15, -0.1) is 11.8 Å². The molecule has 1 atom stereocenters. The molecule has 2 heterocycles. The number of halogens is 2. The molecule has 2 aliphatic rings. The number of fused-ring (bicyclic) bond motifs is 1. The van der Waals surface area contributed by atoms with Gasteiger partial charge in [0.15, 0.2) is 5.78 Å². The summed E-state index contributed by atoms with van der Waals surface area (Å²) in [6.45, 7) is 6.11. The molecular formula is C21H21Br2NO3S. The van der Waals surface area contributed by atoms with Crippen LogP contribution in [0.25, 0.3) is 0 Å². The molecule has 0 aliphatic carbocycles. The highest BCUT2D eigenvalue weighted by Crippen LogP contribution is 2.45. The highest BCUT2D eigenvalue weighted by molar-refractivity contribution is 9.11. The average molecular weight is 527 g/mol. The van der Waals surface area contributed by atoms with E-state index in [0.717, 1.165) is 26.9 Å². The van der Waals surface area contributed by atoms with Crippen molar-refractivity contribution in [1.82, 2.24) is 4.90 Å². The van der Waals surface area contributed by atoms with Crippen LogP contribution in [-0.4, -0.2) is 54.9 Å². The number of morpholine rings is 1. The van der Waals surface area contributed by atoms with Crippen molar-refractivity contribution >= 4 is 49.4 Å². The molecule has 1 saturated heterocycles. The number of hydrogen-bond donors (Lipinski definition) is 0. The predicted octanol–water partition coefficient (Wildman–Crippen LogP) is 4.96. The monoisotopic (exact) mass is 525 g/mol. The van der Waals surface area contributed by atoms with E-state index in [2.05, 4.69) is 67.9 Å². The summed E-state index contributed by atoms with van der Waals surface area (Å²) in [6.07, 6.45) is 0. The van der Waals surface area contributed by atoms with E-state index in [-0.39, 0.29) is 5.78 Å². The molecule has 0 unspecified atom stereocenters. The number of hydrogen-bond acceptors (Lipinski definition) is 5. The molecule has 1 fully saturated rings. The first-order chi connectivity index (χ1) is 13.5. The minimum Gasteiger partial charge on any atom is -0.490 e. The largest absolute Gasteiger partial charge is 0.490 e. The summed E-state index contributed by atoms with van der Waals surface area (Å²) >= 11 is 8.65. The van der Waals surface area contributed by atoms with E-state index in [0.29, 0.717) is 37.7 Å². The van der Waals surface area contributed by atoms with E-state index >= 15 is 0 Å². The summed E-state index contributed by atoms with van der Waals surface area (Å²) in [7, 11) is 0. The number of aryl methyl sites for hydroxylation is 1. The number of carbonyl (C=O) groups excluding carboxylic acids is 1. The van der Waals surface area contributed by atoms with Gasteiger partial charge < -0.3 is 9.47 Å². The van der Waals surface area contributed by atoms with Crippen LogP contribution in [0.4, 0.5) is 0 Å². The van der Waals surface area contributed by atoms with Crippen LogP contribution in [0.3, 0.4) is 0 Å². The molecule has 2 aromatic rings. The fourth-order valence-corrected chi connectivity index (χ4v) is 6.18. The summed E-state index contributed by atoms with van der Waals surface area (Å²) in [5, 5.41) is 0. The Morgan fingerprint density at radius 3 is 2.57 bits per heavy atom. The molecule has 0 N–H and O–H groups in total. The first-order valence-electron chi connectivity index (χ1n) is 9.19. The van der Waals surface area contributed by atoms with Gasteiger partial charge in [0.2, 0.25) is 0 Å². The molecule has 2 aromatic carbocycles. The number of benzene rings is 2. The van der Waals surface area contributed by atoms with Crippen molar-refractivity contribution in [3.63, 3.8) is 0 Å². The SMILES string of the molecule is Cc1ccc(S[C@@]2(CN3CCOCC3)COc3c(Br)cc(Br)cc3C2=O)cc1. The van der Waals surface area contributed by atoms with Crippen LogP contribution in [0, 0.1) is 6.92 Å². The van der Waals surface area contributed by atoms with Gasteiger partial charge in [-0.25, -0.2) is 0 Å². The van der Waals surface area contributed by atoms with Crippen LogP contribution in [0.2, 0.25) is 0 Å². The van der Waals surface area contributed by atoms with E-state index in [1.807, 2.05) is 12.1 Å². The Hall–Kier alpha value is -0.860. The molecule has 7 heteroatoms. The van der Waals surface area contributed by atoms with Crippen LogP contribution < -0.4 is 4.74 Å². The van der Waals surface area contributed by atoms with Gasteiger partial charge in [-0.1, -0.05) is 33.6 Å². The van der Waals surface area contributed by atoms with E-state index in [4.69, 9.17) is 9.47 Å². The Bertz CT molecular complexity index is 884. The lowest BCUT2D eigenvalue weighted by molar-refractivity contribution is 0.0287. The molecule has 2 aliphatic heterocycles. The van der Waals surface area contributed by atoms with Crippen LogP contribution in [0.5, 0.6) is 5.75 Å². The van der Waals surface area contributed by atoms with Gasteiger partial charge >= 0.3 is 0 Å². The molecule has 28 heavy (non-hydrogen) atoms. The summed E-state index contributed by atoms with van der Waals surface area (Å²) < 4.78 is 12.6. The zero-order valence-corrected chi connectivity index (χ0v) is 19.5. The number of rotatable bonds is 4. The Morgan fingerprint density at radius 2 is 1.86 bits per heavy atom. The van der Waals surface area contributed by atoms with Crippen molar-refractivity contribution in [3.05, 3.63) is 56.5 Å². The topological polar surface area (TPSA) is 38.8 Å². The van der Waals surface area contributed by atoms with Gasteiger partial charge in [-0.2, -0.15) is 0 Å². The second kappa shape index (κ2) is 8.48.